The first-order valence-corrected chi connectivity index (χ1v) is 7.85. The second-order valence-corrected chi connectivity index (χ2v) is 5.85. The van der Waals surface area contributed by atoms with E-state index in [2.05, 4.69) is 20.2 Å². The van der Waals surface area contributed by atoms with E-state index in [9.17, 15) is 13.6 Å². The maximum Gasteiger partial charge on any atom is 0.270 e. The van der Waals surface area contributed by atoms with Gasteiger partial charge in [0.2, 0.25) is 0 Å². The topological polar surface area (TPSA) is 58.1 Å². The molecule has 24 heavy (non-hydrogen) atoms. The Morgan fingerprint density at radius 1 is 1.25 bits per heavy atom. The minimum Gasteiger partial charge on any atom is -0.348 e. The van der Waals surface area contributed by atoms with Crippen molar-refractivity contribution in [3.63, 3.8) is 0 Å². The molecule has 1 aliphatic heterocycles. The third-order valence-electron chi connectivity index (χ3n) is 4.15. The molecule has 0 saturated carbocycles. The summed E-state index contributed by atoms with van der Waals surface area (Å²) in [5, 5.41) is 2.96. The average Bonchev–Trinajstić information content (AvgIpc) is 2.60. The number of hydrogen-bond acceptors (Lipinski definition) is 4. The van der Waals surface area contributed by atoms with Crippen LogP contribution in [0.3, 0.4) is 0 Å². The van der Waals surface area contributed by atoms with Gasteiger partial charge in [-0.15, -0.1) is 0 Å². The number of rotatable bonds is 4. The number of benzene rings is 1. The van der Waals surface area contributed by atoms with Crippen molar-refractivity contribution in [3.8, 4) is 0 Å². The van der Waals surface area contributed by atoms with E-state index in [1.807, 2.05) is 0 Å². The van der Waals surface area contributed by atoms with Crippen molar-refractivity contribution < 1.29 is 13.6 Å². The Morgan fingerprint density at radius 3 is 2.71 bits per heavy atom. The Labute approximate surface area is 138 Å². The lowest BCUT2D eigenvalue weighted by atomic mass is 10.0. The highest BCUT2D eigenvalue weighted by Gasteiger charge is 2.22. The number of aromatic nitrogens is 2. The normalized spacial score (nSPS) is 16.1. The lowest BCUT2D eigenvalue weighted by Gasteiger charge is -2.32. The van der Waals surface area contributed by atoms with E-state index in [1.165, 1.54) is 24.7 Å². The second-order valence-electron chi connectivity index (χ2n) is 5.85. The zero-order chi connectivity index (χ0) is 16.9. The molecule has 1 fully saturated rings. The standard InChI is InChI=1S/C17H18F2N4O/c18-13-2-1-12(15(19)9-13)10-23-7-4-14(5-8-23)22-17(24)16-3-6-20-11-21-16/h1-3,6,9,11,14H,4-5,7-8,10H2,(H,22,24). The van der Waals surface area contributed by atoms with Crippen LogP contribution in [-0.4, -0.2) is 39.9 Å². The molecule has 1 saturated heterocycles. The fourth-order valence-electron chi connectivity index (χ4n) is 2.81. The van der Waals surface area contributed by atoms with Gasteiger partial charge in [0.15, 0.2) is 0 Å². The van der Waals surface area contributed by atoms with Gasteiger partial charge in [-0.1, -0.05) is 6.07 Å². The van der Waals surface area contributed by atoms with Gasteiger partial charge in [0.25, 0.3) is 5.91 Å². The third kappa shape index (κ3) is 4.11. The largest absolute Gasteiger partial charge is 0.348 e. The summed E-state index contributed by atoms with van der Waals surface area (Å²) in [5.74, 6) is -1.29. The first kappa shape index (κ1) is 16.4. The summed E-state index contributed by atoms with van der Waals surface area (Å²) in [5.41, 5.74) is 0.834. The molecule has 7 heteroatoms. The Kier molecular flexibility index (Phi) is 5.10. The zero-order valence-corrected chi connectivity index (χ0v) is 13.1. The van der Waals surface area contributed by atoms with Crippen LogP contribution < -0.4 is 5.32 Å². The highest BCUT2D eigenvalue weighted by Crippen LogP contribution is 2.17. The predicted octanol–water partition coefficient (Wildman–Crippen LogP) is 2.15. The average molecular weight is 332 g/mol. The number of nitrogens with one attached hydrogen (secondary N) is 1. The maximum atomic E-state index is 13.7. The van der Waals surface area contributed by atoms with E-state index in [-0.39, 0.29) is 11.9 Å². The minimum absolute atomic E-state index is 0.0711. The van der Waals surface area contributed by atoms with Crippen molar-refractivity contribution in [1.82, 2.24) is 20.2 Å². The molecule has 1 aliphatic rings. The van der Waals surface area contributed by atoms with Crippen LogP contribution in [0.15, 0.2) is 36.8 Å². The molecule has 1 aromatic heterocycles. The smallest absolute Gasteiger partial charge is 0.270 e. The van der Waals surface area contributed by atoms with Crippen LogP contribution in [0.4, 0.5) is 8.78 Å². The number of amides is 1. The molecule has 2 aromatic rings. The van der Waals surface area contributed by atoms with Crippen LogP contribution in [-0.2, 0) is 6.54 Å². The van der Waals surface area contributed by atoms with Crippen LogP contribution in [0, 0.1) is 11.6 Å². The van der Waals surface area contributed by atoms with E-state index in [0.29, 0.717) is 17.8 Å². The summed E-state index contributed by atoms with van der Waals surface area (Å²) in [7, 11) is 0. The molecular weight excluding hydrogens is 314 g/mol. The molecule has 0 unspecified atom stereocenters. The van der Waals surface area contributed by atoms with Crippen LogP contribution in [0.25, 0.3) is 0 Å². The number of piperidine rings is 1. The number of carbonyl (C=O) groups is 1. The molecule has 0 bridgehead atoms. The van der Waals surface area contributed by atoms with E-state index in [4.69, 9.17) is 0 Å². The van der Waals surface area contributed by atoms with Crippen LogP contribution in [0.5, 0.6) is 0 Å². The second kappa shape index (κ2) is 7.44. The van der Waals surface area contributed by atoms with E-state index in [1.54, 1.807) is 6.07 Å². The summed E-state index contributed by atoms with van der Waals surface area (Å²) < 4.78 is 26.6. The van der Waals surface area contributed by atoms with Crippen molar-refractivity contribution in [2.75, 3.05) is 13.1 Å². The van der Waals surface area contributed by atoms with Crippen molar-refractivity contribution in [2.45, 2.75) is 25.4 Å². The molecule has 1 amide bonds. The van der Waals surface area contributed by atoms with Crippen molar-refractivity contribution in [2.24, 2.45) is 0 Å². The van der Waals surface area contributed by atoms with Gasteiger partial charge in [-0.3, -0.25) is 9.69 Å². The van der Waals surface area contributed by atoms with E-state index >= 15 is 0 Å². The van der Waals surface area contributed by atoms with Gasteiger partial charge in [0.1, 0.15) is 23.7 Å². The molecule has 3 rings (SSSR count). The lowest BCUT2D eigenvalue weighted by molar-refractivity contribution is 0.0903. The van der Waals surface area contributed by atoms with Crippen LogP contribution in [0.2, 0.25) is 0 Å². The summed E-state index contributed by atoms with van der Waals surface area (Å²) in [6.45, 7) is 1.93. The number of halogens is 2. The van der Waals surface area contributed by atoms with Gasteiger partial charge in [-0.25, -0.2) is 18.7 Å². The first-order chi connectivity index (χ1) is 11.6. The van der Waals surface area contributed by atoms with Gasteiger partial charge >= 0.3 is 0 Å². The fraction of sp³-hybridized carbons (Fsp3) is 0.353. The first-order valence-electron chi connectivity index (χ1n) is 7.85. The van der Waals surface area contributed by atoms with E-state index < -0.39 is 11.6 Å². The van der Waals surface area contributed by atoms with Crippen molar-refractivity contribution in [3.05, 3.63) is 59.7 Å². The molecule has 126 valence electrons. The molecular formula is C17H18F2N4O. The summed E-state index contributed by atoms with van der Waals surface area (Å²) in [6.07, 6.45) is 4.43. The zero-order valence-electron chi connectivity index (χ0n) is 13.1. The predicted molar refractivity (Wildman–Crippen MR) is 84.2 cm³/mol. The highest BCUT2D eigenvalue weighted by molar-refractivity contribution is 5.92. The molecule has 0 spiro atoms. The van der Waals surface area contributed by atoms with Crippen LogP contribution in [0.1, 0.15) is 28.9 Å². The number of likely N-dealkylation sites (tertiary alicyclic amines) is 1. The Bertz CT molecular complexity index is 703. The van der Waals surface area contributed by atoms with Crippen molar-refractivity contribution in [1.29, 1.82) is 0 Å². The highest BCUT2D eigenvalue weighted by atomic mass is 19.1. The number of nitrogens with zero attached hydrogens (tertiary/aromatic N) is 3. The number of hydrogen-bond donors (Lipinski definition) is 1. The quantitative estimate of drug-likeness (QED) is 0.932. The molecule has 1 N–H and O–H groups in total. The molecule has 2 heterocycles. The lowest BCUT2D eigenvalue weighted by Crippen LogP contribution is -2.44. The van der Waals surface area contributed by atoms with Crippen LogP contribution >= 0.6 is 0 Å². The molecule has 0 radical (unpaired) electrons. The fourth-order valence-corrected chi connectivity index (χ4v) is 2.81. The Hall–Kier alpha value is -2.41. The van der Waals surface area contributed by atoms with Gasteiger partial charge in [0, 0.05) is 43.5 Å². The number of carbonyl (C=O) groups excluding carboxylic acids is 1. The van der Waals surface area contributed by atoms with Crippen molar-refractivity contribution >= 4 is 5.91 Å². The van der Waals surface area contributed by atoms with Gasteiger partial charge < -0.3 is 5.32 Å². The Balaban J connectivity index is 1.50. The summed E-state index contributed by atoms with van der Waals surface area (Å²) in [4.78, 5) is 21.9. The Morgan fingerprint density at radius 2 is 2.04 bits per heavy atom. The molecule has 5 nitrogen and oxygen atoms in total. The molecule has 0 atom stereocenters. The summed E-state index contributed by atoms with van der Waals surface area (Å²) in [6, 6.07) is 5.30. The van der Waals surface area contributed by atoms with Gasteiger partial charge in [0.05, 0.1) is 0 Å². The minimum atomic E-state index is -0.567. The summed E-state index contributed by atoms with van der Waals surface area (Å²) >= 11 is 0. The SMILES string of the molecule is O=C(NC1CCN(Cc2ccc(F)cc2F)CC1)c1ccncn1. The monoisotopic (exact) mass is 332 g/mol. The van der Waals surface area contributed by atoms with E-state index in [0.717, 1.165) is 32.0 Å². The maximum absolute atomic E-state index is 13.7. The molecule has 0 aliphatic carbocycles. The van der Waals surface area contributed by atoms with Gasteiger partial charge in [-0.2, -0.15) is 0 Å². The van der Waals surface area contributed by atoms with Gasteiger partial charge in [-0.05, 0) is 25.0 Å². The third-order valence-corrected chi connectivity index (χ3v) is 4.15. The molecule has 1 aromatic carbocycles.